The molecule has 8 nitrogen and oxygen atoms in total. The molecule has 0 bridgehead atoms. The van der Waals surface area contributed by atoms with Gasteiger partial charge in [-0.25, -0.2) is 15.0 Å². The zero-order valence-electron chi connectivity index (χ0n) is 38.7. The molecule has 0 amide bonds. The van der Waals surface area contributed by atoms with E-state index in [1.807, 2.05) is 41.2 Å². The van der Waals surface area contributed by atoms with E-state index in [1.54, 1.807) is 83.4 Å². The fourth-order valence-electron chi connectivity index (χ4n) is 1.59. The third-order valence-electron chi connectivity index (χ3n) is 2.80. The molecule has 0 unspecified atom stereocenters. The third kappa shape index (κ3) is 98.2. The minimum absolute atomic E-state index is 0.500. The number of aromatic nitrogens is 8. The standard InChI is InChI=1S/C6H4N2S.C5H5N.5C5H12.C4H4N2.C3H3NS.C2H2N2S/c1-2-9-6-3-7-4-8-5(1)6;1-2-4-6-5-3-1;5*1-5(2,3)4;1-2-6-4-3-5-1;1-2-5-3-4-1;1-3-2-5-4-1/h1-4H;1-5H;5*1-4H3;1-4H;1-3H;1-2H. The van der Waals surface area contributed by atoms with Crippen molar-refractivity contribution in [3.05, 3.63) is 108 Å². The first-order valence-corrected chi connectivity index (χ1v) is 21.3. The molecular weight excluding hydrogens is 749 g/mol. The molecule has 0 aliphatic rings. The van der Waals surface area contributed by atoms with E-state index in [1.165, 1.54) is 17.9 Å². The van der Waals surface area contributed by atoms with Crippen LogP contribution in [0, 0.1) is 27.1 Å². The summed E-state index contributed by atoms with van der Waals surface area (Å²) in [5, 5.41) is 3.94. The van der Waals surface area contributed by atoms with E-state index < -0.39 is 0 Å². The predicted molar refractivity (Wildman–Crippen MR) is 251 cm³/mol. The van der Waals surface area contributed by atoms with Gasteiger partial charge in [0.1, 0.15) is 18.2 Å². The van der Waals surface area contributed by atoms with E-state index >= 15 is 0 Å². The number of thiazole rings is 1. The SMILES string of the molecule is CC(C)(C)C.CC(C)(C)C.CC(C)(C)C.CC(C)(C)C.CC(C)(C)C.c1ccncc1.c1cnccn1.c1cscn1.c1ncc2sccc2n1.c1ncsn1. The molecule has 56 heavy (non-hydrogen) atoms. The van der Waals surface area contributed by atoms with Gasteiger partial charge in [0.25, 0.3) is 0 Å². The fourth-order valence-corrected chi connectivity index (χ4v) is 2.92. The molecule has 11 heteroatoms. The summed E-state index contributed by atoms with van der Waals surface area (Å²) in [4.78, 5) is 26.5. The van der Waals surface area contributed by atoms with Crippen LogP contribution in [0.4, 0.5) is 0 Å². The van der Waals surface area contributed by atoms with Crippen LogP contribution in [0.3, 0.4) is 0 Å². The molecule has 0 saturated carbocycles. The largest absolute Gasteiger partial charge is 0.265 e. The Morgan fingerprint density at radius 3 is 1.05 bits per heavy atom. The second-order valence-electron chi connectivity index (χ2n) is 19.9. The molecule has 0 saturated heterocycles. The van der Waals surface area contributed by atoms with Gasteiger partial charge in [-0.3, -0.25) is 19.9 Å². The zero-order chi connectivity index (χ0) is 44.2. The van der Waals surface area contributed by atoms with Crippen LogP contribution in [0.1, 0.15) is 138 Å². The molecule has 0 spiro atoms. The Kier molecular flexibility index (Phi) is 36.6. The van der Waals surface area contributed by atoms with Gasteiger partial charge in [0.05, 0.1) is 15.7 Å². The van der Waals surface area contributed by atoms with Crippen LogP contribution in [0.5, 0.6) is 0 Å². The lowest BCUT2D eigenvalue weighted by molar-refractivity contribution is 0.469. The molecule has 0 atom stereocenters. The Morgan fingerprint density at radius 1 is 0.411 bits per heavy atom. The molecule has 6 aromatic rings. The zero-order valence-corrected chi connectivity index (χ0v) is 41.1. The molecule has 0 fully saturated rings. The molecule has 0 radical (unpaired) electrons. The van der Waals surface area contributed by atoms with Gasteiger partial charge < -0.3 is 0 Å². The highest BCUT2D eigenvalue weighted by Crippen LogP contribution is 2.15. The van der Waals surface area contributed by atoms with Crippen molar-refractivity contribution in [2.75, 3.05) is 0 Å². The number of nitrogens with zero attached hydrogens (tertiary/aromatic N) is 8. The van der Waals surface area contributed by atoms with Crippen molar-refractivity contribution in [1.82, 2.24) is 39.3 Å². The average molecular weight is 827 g/mol. The second kappa shape index (κ2) is 34.7. The van der Waals surface area contributed by atoms with Gasteiger partial charge in [0, 0.05) is 55.0 Å². The van der Waals surface area contributed by atoms with Gasteiger partial charge in [-0.15, -0.1) is 22.7 Å². The summed E-state index contributed by atoms with van der Waals surface area (Å²) in [7, 11) is 0. The Labute approximate surface area is 355 Å². The summed E-state index contributed by atoms with van der Waals surface area (Å²) < 4.78 is 4.80. The lowest BCUT2D eigenvalue weighted by atomic mass is 10.0. The van der Waals surface area contributed by atoms with Crippen molar-refractivity contribution in [2.45, 2.75) is 138 Å². The van der Waals surface area contributed by atoms with Crippen LogP contribution in [0.2, 0.25) is 0 Å². The molecular formula is C45H78N8S3. The molecule has 0 aliphatic heterocycles. The number of rotatable bonds is 0. The highest BCUT2D eigenvalue weighted by Gasteiger charge is 1.97. The lowest BCUT2D eigenvalue weighted by Crippen LogP contribution is -1.93. The monoisotopic (exact) mass is 827 g/mol. The molecule has 6 rings (SSSR count). The van der Waals surface area contributed by atoms with Crippen LogP contribution >= 0.6 is 34.2 Å². The van der Waals surface area contributed by atoms with Gasteiger partial charge >= 0.3 is 0 Å². The van der Waals surface area contributed by atoms with E-state index in [0.29, 0.717) is 27.1 Å². The molecule has 0 aliphatic carbocycles. The highest BCUT2D eigenvalue weighted by molar-refractivity contribution is 7.17. The number of pyridine rings is 1. The van der Waals surface area contributed by atoms with Crippen LogP contribution < -0.4 is 0 Å². The molecule has 6 heterocycles. The minimum atomic E-state index is 0.500. The van der Waals surface area contributed by atoms with E-state index in [-0.39, 0.29) is 0 Å². The van der Waals surface area contributed by atoms with Gasteiger partial charge in [-0.05, 0) is 62.2 Å². The van der Waals surface area contributed by atoms with Crippen LogP contribution in [0.15, 0.2) is 108 Å². The van der Waals surface area contributed by atoms with Crippen LogP contribution in [0.25, 0.3) is 10.2 Å². The van der Waals surface area contributed by atoms with Crippen molar-refractivity contribution in [3.8, 4) is 0 Å². The summed E-state index contributed by atoms with van der Waals surface area (Å²) in [5.74, 6) is 0. The molecule has 6 aromatic heterocycles. The normalized spacial score (nSPS) is 10.1. The Balaban J connectivity index is -0.000000271. The first-order chi connectivity index (χ1) is 25.5. The van der Waals surface area contributed by atoms with Crippen molar-refractivity contribution >= 4 is 44.4 Å². The second-order valence-corrected chi connectivity index (χ2v) is 22.2. The van der Waals surface area contributed by atoms with Crippen LogP contribution in [-0.4, -0.2) is 39.3 Å². The molecule has 316 valence electrons. The van der Waals surface area contributed by atoms with E-state index in [2.05, 4.69) is 178 Å². The first-order valence-electron chi connectivity index (χ1n) is 18.7. The lowest BCUT2D eigenvalue weighted by Gasteiger charge is -2.05. The predicted octanol–water partition coefficient (Wildman–Crippen LogP) is 15.2. The van der Waals surface area contributed by atoms with E-state index in [4.69, 9.17) is 0 Å². The van der Waals surface area contributed by atoms with Gasteiger partial charge in [-0.2, -0.15) is 4.37 Å². The van der Waals surface area contributed by atoms with Crippen LogP contribution in [-0.2, 0) is 0 Å². The number of hydrogen-bond acceptors (Lipinski definition) is 11. The first kappa shape index (κ1) is 59.2. The van der Waals surface area contributed by atoms with Gasteiger partial charge in [-0.1, -0.05) is 145 Å². The summed E-state index contributed by atoms with van der Waals surface area (Å²) in [6, 6.07) is 7.70. The number of thiophene rings is 1. The van der Waals surface area contributed by atoms with E-state index in [9.17, 15) is 0 Å². The van der Waals surface area contributed by atoms with Crippen molar-refractivity contribution in [3.63, 3.8) is 0 Å². The molecule has 0 N–H and O–H groups in total. The maximum Gasteiger partial charge on any atom is 0.129 e. The molecule has 0 aromatic carbocycles. The minimum Gasteiger partial charge on any atom is -0.265 e. The van der Waals surface area contributed by atoms with E-state index in [0.717, 1.165) is 10.2 Å². The highest BCUT2D eigenvalue weighted by atomic mass is 32.1. The number of hydrogen-bond donors (Lipinski definition) is 0. The van der Waals surface area contributed by atoms with Crippen molar-refractivity contribution < 1.29 is 0 Å². The van der Waals surface area contributed by atoms with Gasteiger partial charge in [0.15, 0.2) is 0 Å². The summed E-state index contributed by atoms with van der Waals surface area (Å²) in [5.41, 5.74) is 7.01. The summed E-state index contributed by atoms with van der Waals surface area (Å²) in [6.45, 7) is 43.8. The van der Waals surface area contributed by atoms with Crippen molar-refractivity contribution in [1.29, 1.82) is 0 Å². The summed E-state index contributed by atoms with van der Waals surface area (Å²) in [6.07, 6.45) is 16.7. The van der Waals surface area contributed by atoms with Crippen molar-refractivity contribution in [2.24, 2.45) is 27.1 Å². The maximum atomic E-state index is 4.04. The Morgan fingerprint density at radius 2 is 0.839 bits per heavy atom. The van der Waals surface area contributed by atoms with Gasteiger partial charge in [0.2, 0.25) is 0 Å². The fraction of sp³-hybridized carbons (Fsp3) is 0.556. The smallest absolute Gasteiger partial charge is 0.129 e. The maximum absolute atomic E-state index is 4.04. The topological polar surface area (TPSA) is 103 Å². The summed E-state index contributed by atoms with van der Waals surface area (Å²) >= 11 is 4.62. The Hall–Kier alpha value is -3.54. The average Bonchev–Trinajstić information content (AvgIpc) is 3.86. The third-order valence-corrected chi connectivity index (χ3v) is 4.60. The Bertz CT molecular complexity index is 1270. The quantitative estimate of drug-likeness (QED) is 0.149. The number of fused-ring (bicyclic) bond motifs is 1.